The van der Waals surface area contributed by atoms with Crippen LogP contribution in [0.5, 0.6) is 11.5 Å². The second-order valence-electron chi connectivity index (χ2n) is 4.98. The molecule has 0 amide bonds. The van der Waals surface area contributed by atoms with Crippen LogP contribution < -0.4 is 9.47 Å². The third kappa shape index (κ3) is 3.36. The third-order valence-electron chi connectivity index (χ3n) is 3.06. The van der Waals surface area contributed by atoms with E-state index in [4.69, 9.17) is 14.6 Å². The van der Waals surface area contributed by atoms with Crippen molar-refractivity contribution < 1.29 is 23.8 Å². The van der Waals surface area contributed by atoms with Gasteiger partial charge < -0.3 is 14.6 Å². The van der Waals surface area contributed by atoms with Crippen LogP contribution in [0.3, 0.4) is 0 Å². The van der Waals surface area contributed by atoms with E-state index in [2.05, 4.69) is 0 Å². The molecule has 0 saturated carbocycles. The highest BCUT2D eigenvalue weighted by Crippen LogP contribution is 2.34. The first-order chi connectivity index (χ1) is 8.85. The molecule has 0 aliphatic rings. The molecule has 0 heterocycles. The van der Waals surface area contributed by atoms with Crippen molar-refractivity contribution in [2.24, 2.45) is 5.41 Å². The van der Waals surface area contributed by atoms with E-state index in [0.717, 1.165) is 0 Å². The summed E-state index contributed by atoms with van der Waals surface area (Å²) in [6, 6.07) is 3.19. The molecule has 0 spiro atoms. The highest BCUT2D eigenvalue weighted by atomic mass is 19.1. The first-order valence-corrected chi connectivity index (χ1v) is 5.89. The van der Waals surface area contributed by atoms with Gasteiger partial charge in [-0.05, 0) is 43.5 Å². The minimum Gasteiger partial charge on any atom is -0.493 e. The molecule has 0 bridgehead atoms. The SMILES string of the molecule is COc1cc(CF)c(CC(C)(C)C(=O)O)cc1OC. The van der Waals surface area contributed by atoms with E-state index < -0.39 is 18.1 Å². The number of methoxy groups -OCH3 is 2. The van der Waals surface area contributed by atoms with E-state index in [1.165, 1.54) is 14.2 Å². The number of aliphatic carboxylic acids is 1. The van der Waals surface area contributed by atoms with Crippen LogP contribution in [0.25, 0.3) is 0 Å². The van der Waals surface area contributed by atoms with Crippen LogP contribution in [-0.2, 0) is 17.9 Å². The summed E-state index contributed by atoms with van der Waals surface area (Å²) in [5.74, 6) is -0.0185. The number of halogens is 1. The lowest BCUT2D eigenvalue weighted by molar-refractivity contribution is -0.146. The quantitative estimate of drug-likeness (QED) is 0.863. The van der Waals surface area contributed by atoms with Gasteiger partial charge in [-0.3, -0.25) is 4.79 Å². The van der Waals surface area contributed by atoms with Crippen molar-refractivity contribution in [3.8, 4) is 11.5 Å². The number of hydrogen-bond acceptors (Lipinski definition) is 3. The van der Waals surface area contributed by atoms with Crippen molar-refractivity contribution in [1.82, 2.24) is 0 Å². The monoisotopic (exact) mass is 270 g/mol. The van der Waals surface area contributed by atoms with Crippen LogP contribution in [-0.4, -0.2) is 25.3 Å². The van der Waals surface area contributed by atoms with Crippen molar-refractivity contribution in [3.05, 3.63) is 23.3 Å². The highest BCUT2D eigenvalue weighted by molar-refractivity contribution is 5.74. The minimum atomic E-state index is -0.969. The van der Waals surface area contributed by atoms with Gasteiger partial charge in [0.1, 0.15) is 6.67 Å². The van der Waals surface area contributed by atoms with Crippen molar-refractivity contribution in [2.45, 2.75) is 26.9 Å². The van der Waals surface area contributed by atoms with E-state index in [0.29, 0.717) is 22.6 Å². The number of carboxylic acid groups (broad SMARTS) is 1. The van der Waals surface area contributed by atoms with E-state index in [9.17, 15) is 9.18 Å². The summed E-state index contributed by atoms with van der Waals surface area (Å²) in [5, 5.41) is 9.14. The molecule has 19 heavy (non-hydrogen) atoms. The van der Waals surface area contributed by atoms with Gasteiger partial charge in [0.05, 0.1) is 19.6 Å². The Morgan fingerprint density at radius 3 is 2.05 bits per heavy atom. The maximum absolute atomic E-state index is 13.1. The lowest BCUT2D eigenvalue weighted by Crippen LogP contribution is -2.26. The minimum absolute atomic E-state index is 0.224. The molecule has 4 nitrogen and oxygen atoms in total. The van der Waals surface area contributed by atoms with Crippen LogP contribution in [0.15, 0.2) is 12.1 Å². The lowest BCUT2D eigenvalue weighted by atomic mass is 9.84. The van der Waals surface area contributed by atoms with Gasteiger partial charge in [0.25, 0.3) is 0 Å². The van der Waals surface area contributed by atoms with Crippen molar-refractivity contribution >= 4 is 5.97 Å². The summed E-state index contributed by atoms with van der Waals surface area (Å²) in [6.07, 6.45) is 0.224. The Labute approximate surface area is 112 Å². The second kappa shape index (κ2) is 5.91. The van der Waals surface area contributed by atoms with Crippen LogP contribution >= 0.6 is 0 Å². The fourth-order valence-electron chi connectivity index (χ4n) is 1.80. The summed E-state index contributed by atoms with van der Waals surface area (Å²) in [4.78, 5) is 11.2. The molecule has 1 aromatic rings. The predicted octanol–water partition coefficient (Wildman–Crippen LogP) is 2.83. The van der Waals surface area contributed by atoms with E-state index in [-0.39, 0.29) is 6.42 Å². The fraction of sp³-hybridized carbons (Fsp3) is 0.500. The molecule has 0 radical (unpaired) electrons. The maximum Gasteiger partial charge on any atom is 0.309 e. The topological polar surface area (TPSA) is 55.8 Å². The van der Waals surface area contributed by atoms with Crippen molar-refractivity contribution in [1.29, 1.82) is 0 Å². The Kier molecular flexibility index (Phi) is 4.75. The molecule has 0 aromatic heterocycles. The molecule has 0 aliphatic heterocycles. The zero-order chi connectivity index (χ0) is 14.6. The lowest BCUT2D eigenvalue weighted by Gasteiger charge is -2.21. The van der Waals surface area contributed by atoms with Crippen LogP contribution in [0.4, 0.5) is 4.39 Å². The maximum atomic E-state index is 13.1. The van der Waals surface area contributed by atoms with Crippen molar-refractivity contribution in [2.75, 3.05) is 14.2 Å². The Morgan fingerprint density at radius 2 is 1.68 bits per heavy atom. The summed E-state index contributed by atoms with van der Waals surface area (Å²) < 4.78 is 23.3. The number of benzene rings is 1. The molecule has 1 N–H and O–H groups in total. The smallest absolute Gasteiger partial charge is 0.309 e. The van der Waals surface area contributed by atoms with Crippen LogP contribution in [0, 0.1) is 5.41 Å². The van der Waals surface area contributed by atoms with Crippen LogP contribution in [0.2, 0.25) is 0 Å². The van der Waals surface area contributed by atoms with E-state index in [1.807, 2.05) is 0 Å². The molecule has 0 unspecified atom stereocenters. The Morgan fingerprint density at radius 1 is 1.21 bits per heavy atom. The summed E-state index contributed by atoms with van der Waals surface area (Å²) in [5.41, 5.74) is 0.0725. The number of carbonyl (C=O) groups is 1. The molecule has 1 rings (SSSR count). The summed E-state index contributed by atoms with van der Waals surface area (Å²) in [6.45, 7) is 2.54. The van der Waals surface area contributed by atoms with E-state index >= 15 is 0 Å². The highest BCUT2D eigenvalue weighted by Gasteiger charge is 2.29. The third-order valence-corrected chi connectivity index (χ3v) is 3.06. The van der Waals surface area contributed by atoms with Crippen molar-refractivity contribution in [3.63, 3.8) is 0 Å². The van der Waals surface area contributed by atoms with Gasteiger partial charge in [-0.2, -0.15) is 0 Å². The standard InChI is InChI=1S/C14H19FO4/c1-14(2,13(16)17)7-9-5-11(18-3)12(19-4)6-10(9)8-15/h5-6H,7-8H2,1-4H3,(H,16,17). The molecule has 0 fully saturated rings. The summed E-state index contributed by atoms with van der Waals surface area (Å²) >= 11 is 0. The van der Waals surface area contributed by atoms with Crippen LogP contribution in [0.1, 0.15) is 25.0 Å². The Hall–Kier alpha value is -1.78. The average molecular weight is 270 g/mol. The number of rotatable bonds is 6. The molecule has 0 aliphatic carbocycles. The molecular formula is C14H19FO4. The Balaban J connectivity index is 3.23. The van der Waals surface area contributed by atoms with Gasteiger partial charge in [-0.15, -0.1) is 0 Å². The molecule has 5 heteroatoms. The summed E-state index contributed by atoms with van der Waals surface area (Å²) in [7, 11) is 2.96. The predicted molar refractivity (Wildman–Crippen MR) is 69.5 cm³/mol. The first kappa shape index (κ1) is 15.3. The van der Waals surface area contributed by atoms with Gasteiger partial charge in [0.15, 0.2) is 11.5 Å². The normalized spacial score (nSPS) is 11.2. The van der Waals surface area contributed by atoms with Gasteiger partial charge >= 0.3 is 5.97 Å². The van der Waals surface area contributed by atoms with Gasteiger partial charge in [-0.1, -0.05) is 0 Å². The number of hydrogen-bond donors (Lipinski definition) is 1. The zero-order valence-electron chi connectivity index (χ0n) is 11.6. The number of ether oxygens (including phenoxy) is 2. The molecule has 1 aromatic carbocycles. The number of carboxylic acids is 1. The molecule has 0 atom stereocenters. The van der Waals surface area contributed by atoms with Gasteiger partial charge in [0.2, 0.25) is 0 Å². The van der Waals surface area contributed by atoms with E-state index in [1.54, 1.807) is 26.0 Å². The molecular weight excluding hydrogens is 251 g/mol. The second-order valence-corrected chi connectivity index (χ2v) is 4.98. The van der Waals surface area contributed by atoms with Gasteiger partial charge in [-0.25, -0.2) is 4.39 Å². The first-order valence-electron chi connectivity index (χ1n) is 5.89. The molecule has 0 saturated heterocycles. The fourth-order valence-corrected chi connectivity index (χ4v) is 1.80. The number of alkyl halides is 1. The average Bonchev–Trinajstić information content (AvgIpc) is 2.37. The Bertz CT molecular complexity index is 469. The largest absolute Gasteiger partial charge is 0.493 e. The molecule has 106 valence electrons. The van der Waals surface area contributed by atoms with Gasteiger partial charge in [0, 0.05) is 0 Å². The zero-order valence-corrected chi connectivity index (χ0v) is 11.6.